The number of hydrogen-bond donors (Lipinski definition) is 2. The van der Waals surface area contributed by atoms with Crippen LogP contribution in [0.4, 0.5) is 14.5 Å². The molecule has 9 heteroatoms. The fourth-order valence-corrected chi connectivity index (χ4v) is 2.45. The van der Waals surface area contributed by atoms with Crippen LogP contribution in [-0.2, 0) is 17.8 Å². The minimum Gasteiger partial charge on any atom is -0.434 e. The second kappa shape index (κ2) is 8.00. The Morgan fingerprint density at radius 3 is 2.92 bits per heavy atom. The average molecular weight is 356 g/mol. The number of nitrogens with zero attached hydrogens (tertiary/aromatic N) is 2. The van der Waals surface area contributed by atoms with Crippen LogP contribution >= 0.6 is 12.2 Å². The summed E-state index contributed by atoms with van der Waals surface area (Å²) >= 11 is 5.13. The molecule has 2 N–H and O–H groups in total. The molecule has 0 bridgehead atoms. The Hall–Kier alpha value is -2.29. The van der Waals surface area contributed by atoms with Crippen molar-refractivity contribution in [3.05, 3.63) is 34.4 Å². The van der Waals surface area contributed by atoms with Crippen LogP contribution in [-0.4, -0.2) is 27.3 Å². The smallest absolute Gasteiger partial charge is 0.387 e. The topological polar surface area (TPSA) is 71.9 Å². The molecule has 0 spiro atoms. The number of amides is 1. The van der Waals surface area contributed by atoms with Crippen molar-refractivity contribution >= 4 is 23.8 Å². The Bertz CT molecular complexity index is 773. The van der Waals surface area contributed by atoms with E-state index in [4.69, 9.17) is 12.2 Å². The molecule has 0 aliphatic carbocycles. The minimum atomic E-state index is -2.92. The Morgan fingerprint density at radius 2 is 2.25 bits per heavy atom. The number of ether oxygens (including phenoxy) is 1. The van der Waals surface area contributed by atoms with Gasteiger partial charge in [0, 0.05) is 17.7 Å². The molecule has 0 fully saturated rings. The summed E-state index contributed by atoms with van der Waals surface area (Å²) in [5.74, 6) is 0.390. The van der Waals surface area contributed by atoms with E-state index in [1.54, 1.807) is 17.6 Å². The van der Waals surface area contributed by atoms with E-state index >= 15 is 0 Å². The summed E-state index contributed by atoms with van der Waals surface area (Å²) in [5.41, 5.74) is 0.834. The molecular weight excluding hydrogens is 338 g/mol. The Balaban J connectivity index is 2.13. The van der Waals surface area contributed by atoms with Crippen LogP contribution in [0, 0.1) is 11.7 Å². The maximum atomic E-state index is 12.4. The zero-order valence-electron chi connectivity index (χ0n) is 13.3. The Kier molecular flexibility index (Phi) is 6.02. The first-order valence-corrected chi connectivity index (χ1v) is 7.81. The van der Waals surface area contributed by atoms with E-state index in [0.717, 1.165) is 6.42 Å². The van der Waals surface area contributed by atoms with Gasteiger partial charge in [0.1, 0.15) is 18.1 Å². The molecular formula is C15H18F2N4O2S. The lowest BCUT2D eigenvalue weighted by Gasteiger charge is -2.13. The number of hydrogen-bond acceptors (Lipinski definition) is 4. The van der Waals surface area contributed by atoms with E-state index in [2.05, 4.69) is 20.3 Å². The van der Waals surface area contributed by atoms with Gasteiger partial charge in [-0.1, -0.05) is 13.0 Å². The third-order valence-electron chi connectivity index (χ3n) is 3.39. The molecule has 130 valence electrons. The minimum absolute atomic E-state index is 0.00988. The molecule has 1 heterocycles. The van der Waals surface area contributed by atoms with Gasteiger partial charge in [-0.25, -0.2) is 0 Å². The third kappa shape index (κ3) is 4.38. The van der Waals surface area contributed by atoms with Crippen LogP contribution in [0.1, 0.15) is 24.7 Å². The van der Waals surface area contributed by atoms with Crippen molar-refractivity contribution in [1.82, 2.24) is 14.8 Å². The van der Waals surface area contributed by atoms with Crippen LogP contribution in [0.5, 0.6) is 5.75 Å². The third-order valence-corrected chi connectivity index (χ3v) is 3.70. The number of carbonyl (C=O) groups excluding carboxylic acids is 1. The first-order chi connectivity index (χ1) is 11.4. The summed E-state index contributed by atoms with van der Waals surface area (Å²) in [6.07, 6.45) is 1.56. The lowest BCUT2D eigenvalue weighted by Crippen LogP contribution is -2.21. The lowest BCUT2D eigenvalue weighted by atomic mass is 10.2. The van der Waals surface area contributed by atoms with E-state index in [1.807, 2.05) is 6.92 Å². The Morgan fingerprint density at radius 1 is 1.50 bits per heavy atom. The standard InChI is InChI=1S/C15H18F2N4O2S/c1-3-5-12-19-20-15(24)21(12)8-13(22)18-10-6-4-7-11(9(10)2)23-14(16)17/h4,6-7,14H,3,5,8H2,1-2H3,(H,18,22)(H,20,24). The fourth-order valence-electron chi connectivity index (χ4n) is 2.23. The molecule has 1 aromatic carbocycles. The quantitative estimate of drug-likeness (QED) is 0.746. The molecule has 1 aromatic heterocycles. The summed E-state index contributed by atoms with van der Waals surface area (Å²) in [7, 11) is 0. The number of carbonyl (C=O) groups is 1. The molecule has 24 heavy (non-hydrogen) atoms. The zero-order chi connectivity index (χ0) is 17.7. The number of aromatic nitrogens is 3. The summed E-state index contributed by atoms with van der Waals surface area (Å²) in [6, 6.07) is 4.57. The van der Waals surface area contributed by atoms with E-state index < -0.39 is 6.61 Å². The van der Waals surface area contributed by atoms with Gasteiger partial charge in [0.25, 0.3) is 0 Å². The molecule has 0 aliphatic heterocycles. The van der Waals surface area contributed by atoms with Crippen molar-refractivity contribution < 1.29 is 18.3 Å². The number of alkyl halides is 2. The highest BCUT2D eigenvalue weighted by atomic mass is 32.1. The first kappa shape index (κ1) is 18.1. The second-order valence-corrected chi connectivity index (χ2v) is 5.52. The van der Waals surface area contributed by atoms with Gasteiger partial charge in [-0.3, -0.25) is 14.5 Å². The van der Waals surface area contributed by atoms with Gasteiger partial charge in [0.05, 0.1) is 0 Å². The van der Waals surface area contributed by atoms with E-state index in [1.165, 1.54) is 12.1 Å². The molecule has 6 nitrogen and oxygen atoms in total. The molecule has 0 atom stereocenters. The van der Waals surface area contributed by atoms with E-state index in [0.29, 0.717) is 28.3 Å². The molecule has 2 aromatic rings. The van der Waals surface area contributed by atoms with E-state index in [-0.39, 0.29) is 18.2 Å². The molecule has 0 saturated carbocycles. The summed E-state index contributed by atoms with van der Waals surface area (Å²) in [6.45, 7) is 0.666. The largest absolute Gasteiger partial charge is 0.434 e. The molecule has 0 unspecified atom stereocenters. The van der Waals surface area contributed by atoms with Crippen molar-refractivity contribution in [1.29, 1.82) is 0 Å². The molecule has 0 aliphatic rings. The van der Waals surface area contributed by atoms with E-state index in [9.17, 15) is 13.6 Å². The summed E-state index contributed by atoms with van der Waals surface area (Å²) < 4.78 is 31.1. The fraction of sp³-hybridized carbons (Fsp3) is 0.400. The van der Waals surface area contributed by atoms with Crippen LogP contribution in [0.2, 0.25) is 0 Å². The monoisotopic (exact) mass is 356 g/mol. The molecule has 2 rings (SSSR count). The number of anilines is 1. The average Bonchev–Trinajstić information content (AvgIpc) is 2.84. The number of aryl methyl sites for hydroxylation is 1. The number of benzene rings is 1. The highest BCUT2D eigenvalue weighted by Crippen LogP contribution is 2.26. The Labute approximate surface area is 142 Å². The number of rotatable bonds is 7. The van der Waals surface area contributed by atoms with Crippen LogP contribution < -0.4 is 10.1 Å². The van der Waals surface area contributed by atoms with Crippen LogP contribution in [0.15, 0.2) is 18.2 Å². The van der Waals surface area contributed by atoms with Crippen molar-refractivity contribution in [3.63, 3.8) is 0 Å². The lowest BCUT2D eigenvalue weighted by molar-refractivity contribution is -0.116. The maximum Gasteiger partial charge on any atom is 0.387 e. The van der Waals surface area contributed by atoms with Crippen LogP contribution in [0.25, 0.3) is 0 Å². The zero-order valence-corrected chi connectivity index (χ0v) is 14.1. The van der Waals surface area contributed by atoms with Gasteiger partial charge < -0.3 is 10.1 Å². The SMILES string of the molecule is CCCc1n[nH]c(=S)n1CC(=O)Nc1cccc(OC(F)F)c1C. The number of aromatic amines is 1. The first-order valence-electron chi connectivity index (χ1n) is 7.40. The number of nitrogens with one attached hydrogen (secondary N) is 2. The normalized spacial score (nSPS) is 10.9. The van der Waals surface area contributed by atoms with Gasteiger partial charge in [-0.05, 0) is 37.7 Å². The van der Waals surface area contributed by atoms with Crippen molar-refractivity contribution in [2.45, 2.75) is 39.8 Å². The highest BCUT2D eigenvalue weighted by molar-refractivity contribution is 7.71. The number of halogens is 2. The van der Waals surface area contributed by atoms with Crippen LogP contribution in [0.3, 0.4) is 0 Å². The van der Waals surface area contributed by atoms with Gasteiger partial charge in [0.2, 0.25) is 5.91 Å². The van der Waals surface area contributed by atoms with Gasteiger partial charge in [0.15, 0.2) is 4.77 Å². The second-order valence-electron chi connectivity index (χ2n) is 5.14. The van der Waals surface area contributed by atoms with Gasteiger partial charge >= 0.3 is 6.61 Å². The van der Waals surface area contributed by atoms with Crippen molar-refractivity contribution in [2.75, 3.05) is 5.32 Å². The maximum absolute atomic E-state index is 12.4. The predicted molar refractivity (Wildman–Crippen MR) is 87.8 cm³/mol. The van der Waals surface area contributed by atoms with Gasteiger partial charge in [-0.2, -0.15) is 13.9 Å². The molecule has 0 radical (unpaired) electrons. The highest BCUT2D eigenvalue weighted by Gasteiger charge is 2.14. The van der Waals surface area contributed by atoms with Crippen molar-refractivity contribution in [2.24, 2.45) is 0 Å². The molecule has 1 amide bonds. The number of H-pyrrole nitrogens is 1. The summed E-state index contributed by atoms with van der Waals surface area (Å²) in [5, 5.41) is 9.44. The summed E-state index contributed by atoms with van der Waals surface area (Å²) in [4.78, 5) is 12.3. The van der Waals surface area contributed by atoms with Gasteiger partial charge in [-0.15, -0.1) is 0 Å². The van der Waals surface area contributed by atoms with Crippen molar-refractivity contribution in [3.8, 4) is 5.75 Å². The predicted octanol–water partition coefficient (Wildman–Crippen LogP) is 3.44. The molecule has 0 saturated heterocycles.